The van der Waals surface area contributed by atoms with Crippen molar-refractivity contribution in [2.75, 3.05) is 7.11 Å². The number of halogens is 4. The molecule has 0 radical (unpaired) electrons. The van der Waals surface area contributed by atoms with Crippen LogP contribution in [0.5, 0.6) is 11.5 Å². The van der Waals surface area contributed by atoms with Crippen LogP contribution in [0.1, 0.15) is 5.56 Å². The number of alkyl halides is 3. The Morgan fingerprint density at radius 1 is 1.36 bits per heavy atom. The second-order valence-corrected chi connectivity index (χ2v) is 3.36. The van der Waals surface area contributed by atoms with Gasteiger partial charge in [-0.05, 0) is 28.1 Å². The van der Waals surface area contributed by atoms with E-state index >= 15 is 0 Å². The number of methoxy groups -OCH3 is 1. The predicted octanol–water partition coefficient (Wildman–Crippen LogP) is 3.18. The topological polar surface area (TPSA) is 29.5 Å². The highest BCUT2D eigenvalue weighted by Crippen LogP contribution is 2.40. The molecular weight excluding hydrogens is 265 g/mol. The van der Waals surface area contributed by atoms with Crippen molar-refractivity contribution in [2.24, 2.45) is 0 Å². The summed E-state index contributed by atoms with van der Waals surface area (Å²) in [6, 6.07) is 1.53. The average molecular weight is 271 g/mol. The Labute approximate surface area is 86.4 Å². The van der Waals surface area contributed by atoms with Crippen LogP contribution in [-0.4, -0.2) is 12.2 Å². The third-order valence-corrected chi connectivity index (χ3v) is 2.18. The molecule has 1 aromatic carbocycles. The number of rotatable bonds is 1. The van der Waals surface area contributed by atoms with Gasteiger partial charge in [-0.2, -0.15) is 13.2 Å². The molecule has 0 amide bonds. The van der Waals surface area contributed by atoms with Crippen LogP contribution in [0.15, 0.2) is 16.6 Å². The molecule has 0 saturated carbocycles. The van der Waals surface area contributed by atoms with Crippen molar-refractivity contribution in [1.82, 2.24) is 0 Å². The average Bonchev–Trinajstić information content (AvgIpc) is 2.07. The lowest BCUT2D eigenvalue weighted by Crippen LogP contribution is -2.05. The van der Waals surface area contributed by atoms with E-state index < -0.39 is 11.7 Å². The lowest BCUT2D eigenvalue weighted by molar-refractivity contribution is -0.137. The van der Waals surface area contributed by atoms with Crippen molar-refractivity contribution in [1.29, 1.82) is 0 Å². The molecule has 0 aromatic heterocycles. The fraction of sp³-hybridized carbons (Fsp3) is 0.250. The Morgan fingerprint density at radius 3 is 2.36 bits per heavy atom. The molecule has 1 rings (SSSR count). The van der Waals surface area contributed by atoms with Crippen molar-refractivity contribution in [3.8, 4) is 11.5 Å². The monoisotopic (exact) mass is 270 g/mol. The molecule has 0 spiro atoms. The minimum atomic E-state index is -4.45. The van der Waals surface area contributed by atoms with Crippen LogP contribution in [0.25, 0.3) is 0 Å². The Kier molecular flexibility index (Phi) is 2.94. The second-order valence-electron chi connectivity index (χ2n) is 2.51. The molecule has 1 N–H and O–H groups in total. The second kappa shape index (κ2) is 3.68. The van der Waals surface area contributed by atoms with E-state index in [1.807, 2.05) is 0 Å². The largest absolute Gasteiger partial charge is 0.503 e. The van der Waals surface area contributed by atoms with Gasteiger partial charge in [-0.15, -0.1) is 0 Å². The lowest BCUT2D eigenvalue weighted by atomic mass is 10.2. The molecule has 0 aliphatic carbocycles. The molecule has 0 atom stereocenters. The summed E-state index contributed by atoms with van der Waals surface area (Å²) in [6.07, 6.45) is -4.45. The van der Waals surface area contributed by atoms with Crippen molar-refractivity contribution in [3.63, 3.8) is 0 Å². The normalized spacial score (nSPS) is 11.5. The molecule has 0 saturated heterocycles. The maximum Gasteiger partial charge on any atom is 0.416 e. The first-order chi connectivity index (χ1) is 6.36. The van der Waals surface area contributed by atoms with Gasteiger partial charge in [-0.3, -0.25) is 0 Å². The van der Waals surface area contributed by atoms with Crippen LogP contribution in [0.3, 0.4) is 0 Å². The predicted molar refractivity (Wildman–Crippen MR) is 47.4 cm³/mol. The van der Waals surface area contributed by atoms with Crippen molar-refractivity contribution in [3.05, 3.63) is 22.2 Å². The Morgan fingerprint density at radius 2 is 1.93 bits per heavy atom. The fourth-order valence-electron chi connectivity index (χ4n) is 0.893. The number of phenolic OH excluding ortho intramolecular Hbond substituents is 1. The van der Waals surface area contributed by atoms with Crippen LogP contribution < -0.4 is 4.74 Å². The summed E-state index contributed by atoms with van der Waals surface area (Å²) in [5, 5.41) is 9.25. The van der Waals surface area contributed by atoms with Gasteiger partial charge in [0.2, 0.25) is 0 Å². The van der Waals surface area contributed by atoms with E-state index in [2.05, 4.69) is 20.7 Å². The zero-order chi connectivity index (χ0) is 10.9. The summed E-state index contributed by atoms with van der Waals surface area (Å²) in [5.74, 6) is -0.563. The smallest absolute Gasteiger partial charge is 0.416 e. The van der Waals surface area contributed by atoms with Crippen LogP contribution in [0, 0.1) is 0 Å². The van der Waals surface area contributed by atoms with Crippen LogP contribution >= 0.6 is 15.9 Å². The van der Waals surface area contributed by atoms with Crippen molar-refractivity contribution in [2.45, 2.75) is 6.18 Å². The van der Waals surface area contributed by atoms with Crippen LogP contribution in [-0.2, 0) is 6.18 Å². The summed E-state index contributed by atoms with van der Waals surface area (Å²) in [5.41, 5.74) is -0.876. The summed E-state index contributed by atoms with van der Waals surface area (Å²) >= 11 is 2.80. The van der Waals surface area contributed by atoms with Gasteiger partial charge < -0.3 is 9.84 Å². The molecule has 0 aliphatic heterocycles. The molecule has 6 heteroatoms. The molecule has 0 heterocycles. The van der Waals surface area contributed by atoms with Gasteiger partial charge in [-0.1, -0.05) is 0 Å². The first kappa shape index (κ1) is 11.2. The number of hydrogen-bond acceptors (Lipinski definition) is 2. The van der Waals surface area contributed by atoms with E-state index in [-0.39, 0.29) is 16.0 Å². The van der Waals surface area contributed by atoms with E-state index in [9.17, 15) is 18.3 Å². The van der Waals surface area contributed by atoms with E-state index in [1.54, 1.807) is 0 Å². The molecule has 0 fully saturated rings. The fourth-order valence-corrected chi connectivity index (χ4v) is 1.34. The molecular formula is C8H6BrF3O2. The van der Waals surface area contributed by atoms with Gasteiger partial charge in [0, 0.05) is 0 Å². The quantitative estimate of drug-likeness (QED) is 0.850. The standard InChI is InChI=1S/C8H6BrF3O2/c1-14-6-3-4(8(10,11)12)2-5(9)7(6)13/h2-3,13H,1H3. The Bertz CT molecular complexity index is 349. The van der Waals surface area contributed by atoms with Gasteiger partial charge in [0.15, 0.2) is 11.5 Å². The van der Waals surface area contributed by atoms with Crippen molar-refractivity contribution >= 4 is 15.9 Å². The first-order valence-corrected chi connectivity index (χ1v) is 4.29. The third kappa shape index (κ3) is 2.12. The summed E-state index contributed by atoms with van der Waals surface area (Å²) in [4.78, 5) is 0. The zero-order valence-electron chi connectivity index (χ0n) is 7.02. The van der Waals surface area contributed by atoms with Gasteiger partial charge in [0.1, 0.15) is 0 Å². The highest BCUT2D eigenvalue weighted by atomic mass is 79.9. The van der Waals surface area contributed by atoms with Crippen LogP contribution in [0.4, 0.5) is 13.2 Å². The highest BCUT2D eigenvalue weighted by molar-refractivity contribution is 9.10. The molecule has 0 aliphatic rings. The van der Waals surface area contributed by atoms with E-state index in [1.165, 1.54) is 7.11 Å². The number of benzene rings is 1. The van der Waals surface area contributed by atoms with E-state index in [4.69, 9.17) is 0 Å². The molecule has 14 heavy (non-hydrogen) atoms. The SMILES string of the molecule is COc1cc(C(F)(F)F)cc(Br)c1O. The number of hydrogen-bond donors (Lipinski definition) is 1. The molecule has 0 unspecified atom stereocenters. The van der Waals surface area contributed by atoms with Crippen LogP contribution in [0.2, 0.25) is 0 Å². The molecule has 0 bridgehead atoms. The van der Waals surface area contributed by atoms with E-state index in [0.29, 0.717) is 0 Å². The summed E-state index contributed by atoms with van der Waals surface area (Å²) in [6.45, 7) is 0. The summed E-state index contributed by atoms with van der Waals surface area (Å²) in [7, 11) is 1.18. The maximum absolute atomic E-state index is 12.3. The minimum Gasteiger partial charge on any atom is -0.503 e. The van der Waals surface area contributed by atoms with Gasteiger partial charge in [0.25, 0.3) is 0 Å². The molecule has 2 nitrogen and oxygen atoms in total. The molecule has 1 aromatic rings. The maximum atomic E-state index is 12.3. The van der Waals surface area contributed by atoms with Gasteiger partial charge in [-0.25, -0.2) is 0 Å². The lowest BCUT2D eigenvalue weighted by Gasteiger charge is -2.11. The summed E-state index contributed by atoms with van der Waals surface area (Å²) < 4.78 is 41.3. The van der Waals surface area contributed by atoms with Gasteiger partial charge >= 0.3 is 6.18 Å². The Balaban J connectivity index is 3.30. The first-order valence-electron chi connectivity index (χ1n) is 3.50. The van der Waals surface area contributed by atoms with Crippen molar-refractivity contribution < 1.29 is 23.0 Å². The van der Waals surface area contributed by atoms with E-state index in [0.717, 1.165) is 12.1 Å². The third-order valence-electron chi connectivity index (χ3n) is 1.58. The zero-order valence-corrected chi connectivity index (χ0v) is 8.61. The van der Waals surface area contributed by atoms with Gasteiger partial charge in [0.05, 0.1) is 17.1 Å². The number of ether oxygens (including phenoxy) is 1. The highest BCUT2D eigenvalue weighted by Gasteiger charge is 2.32. The number of aromatic hydroxyl groups is 1. The Hall–Kier alpha value is -0.910. The number of phenols is 1. The molecule has 78 valence electrons. The minimum absolute atomic E-state index is 0.0517.